The van der Waals surface area contributed by atoms with E-state index in [1.165, 1.54) is 4.90 Å². The number of aromatic nitrogens is 3. The summed E-state index contributed by atoms with van der Waals surface area (Å²) in [4.78, 5) is 25.3. The number of piperidine rings is 3. The summed E-state index contributed by atoms with van der Waals surface area (Å²) in [5.41, 5.74) is 6.55. The number of quaternary nitrogens is 1. The number of carbonyl (C=O) groups excluding carboxylic acids is 2. The zero-order valence-electron chi connectivity index (χ0n) is 15.2. The number of fused-ring (bicyclic) bond motifs is 3. The van der Waals surface area contributed by atoms with Crippen LogP contribution in [0.1, 0.15) is 28.9 Å². The fourth-order valence-corrected chi connectivity index (χ4v) is 4.46. The van der Waals surface area contributed by atoms with E-state index >= 15 is 0 Å². The minimum Gasteiger partial charge on any atom is -0.364 e. The van der Waals surface area contributed by atoms with Crippen LogP contribution in [0.3, 0.4) is 0 Å². The van der Waals surface area contributed by atoms with E-state index in [0.29, 0.717) is 25.0 Å². The first kappa shape index (κ1) is 17.7. The molecular weight excluding hydrogens is 344 g/mol. The standard InChI is InChI=1S/C19H24N6O2/c20-18(26)17-12-25(23-22-17)10-15-8-14-6-7-24(15)11-16(14)19(27)21-9-13-4-2-1-3-5-13/h1-5,12,14-16H,6-11H2,(H2,20,26)(H,21,27)/p+1/t14-,15+,16-/m0/s1. The minimum atomic E-state index is -0.561. The van der Waals surface area contributed by atoms with E-state index in [1.807, 2.05) is 30.3 Å². The molecule has 3 saturated heterocycles. The van der Waals surface area contributed by atoms with E-state index in [0.717, 1.165) is 31.5 Å². The van der Waals surface area contributed by atoms with Gasteiger partial charge in [0.05, 0.1) is 31.7 Å². The number of nitrogens with one attached hydrogen (secondary N) is 2. The molecule has 3 aliphatic rings. The lowest BCUT2D eigenvalue weighted by molar-refractivity contribution is -0.945. The Kier molecular flexibility index (Phi) is 4.89. The van der Waals surface area contributed by atoms with Crippen molar-refractivity contribution in [2.75, 3.05) is 13.1 Å². The van der Waals surface area contributed by atoms with Crippen LogP contribution in [0, 0.1) is 11.8 Å². The van der Waals surface area contributed by atoms with Crippen molar-refractivity contribution in [1.82, 2.24) is 20.3 Å². The van der Waals surface area contributed by atoms with Crippen molar-refractivity contribution in [2.24, 2.45) is 17.6 Å². The van der Waals surface area contributed by atoms with Crippen molar-refractivity contribution in [2.45, 2.75) is 32.0 Å². The Bertz CT molecular complexity index is 821. The van der Waals surface area contributed by atoms with Gasteiger partial charge in [-0.1, -0.05) is 35.5 Å². The van der Waals surface area contributed by atoms with E-state index in [4.69, 9.17) is 5.73 Å². The van der Waals surface area contributed by atoms with Gasteiger partial charge in [-0.05, 0) is 11.5 Å². The number of primary amides is 1. The number of carbonyl (C=O) groups is 2. The first-order chi connectivity index (χ1) is 13.1. The van der Waals surface area contributed by atoms with Gasteiger partial charge >= 0.3 is 0 Å². The van der Waals surface area contributed by atoms with Gasteiger partial charge in [-0.2, -0.15) is 0 Å². The second-order valence-corrected chi connectivity index (χ2v) is 7.59. The molecule has 8 nitrogen and oxygen atoms in total. The molecule has 3 aliphatic heterocycles. The van der Waals surface area contributed by atoms with Crippen LogP contribution >= 0.6 is 0 Å². The molecule has 142 valence electrons. The van der Waals surface area contributed by atoms with Gasteiger partial charge in [0.25, 0.3) is 5.91 Å². The van der Waals surface area contributed by atoms with Gasteiger partial charge in [0.15, 0.2) is 5.69 Å². The summed E-state index contributed by atoms with van der Waals surface area (Å²) in [7, 11) is 0. The lowest BCUT2D eigenvalue weighted by atomic mass is 9.75. The largest absolute Gasteiger partial charge is 0.364 e. The fourth-order valence-electron chi connectivity index (χ4n) is 4.46. The molecule has 0 spiro atoms. The van der Waals surface area contributed by atoms with Gasteiger partial charge in [-0.3, -0.25) is 9.59 Å². The predicted octanol–water partition coefficient (Wildman–Crippen LogP) is -1.01. The lowest BCUT2D eigenvalue weighted by Crippen LogP contribution is -3.20. The number of amides is 2. The average molecular weight is 369 g/mol. The molecule has 27 heavy (non-hydrogen) atoms. The summed E-state index contributed by atoms with van der Waals surface area (Å²) in [6.07, 6.45) is 3.68. The highest BCUT2D eigenvalue weighted by atomic mass is 16.2. The Balaban J connectivity index is 1.34. The molecule has 2 aromatic rings. The molecule has 0 aliphatic carbocycles. The van der Waals surface area contributed by atoms with E-state index < -0.39 is 5.91 Å². The van der Waals surface area contributed by atoms with Crippen molar-refractivity contribution in [3.63, 3.8) is 0 Å². The Morgan fingerprint density at radius 3 is 2.78 bits per heavy atom. The van der Waals surface area contributed by atoms with Crippen LogP contribution in [-0.4, -0.2) is 45.9 Å². The van der Waals surface area contributed by atoms with Crippen molar-refractivity contribution < 1.29 is 14.5 Å². The smallest absolute Gasteiger partial charge is 0.270 e. The molecule has 1 aromatic heterocycles. The van der Waals surface area contributed by atoms with Crippen molar-refractivity contribution >= 4 is 11.8 Å². The van der Waals surface area contributed by atoms with Crippen molar-refractivity contribution in [3.8, 4) is 0 Å². The summed E-state index contributed by atoms with van der Waals surface area (Å²) in [5.74, 6) is 0.0820. The highest BCUT2D eigenvalue weighted by Gasteiger charge is 2.46. The molecule has 2 amide bonds. The van der Waals surface area contributed by atoms with Crippen LogP contribution in [-0.2, 0) is 17.9 Å². The van der Waals surface area contributed by atoms with E-state index in [-0.39, 0.29) is 17.5 Å². The second kappa shape index (κ2) is 7.48. The van der Waals surface area contributed by atoms with E-state index in [2.05, 4.69) is 15.6 Å². The molecular formula is C19H25N6O2+. The topological polar surface area (TPSA) is 107 Å². The molecule has 1 unspecified atom stereocenters. The van der Waals surface area contributed by atoms with Crippen LogP contribution in [0.15, 0.2) is 36.5 Å². The number of rotatable bonds is 6. The predicted molar refractivity (Wildman–Crippen MR) is 97.5 cm³/mol. The summed E-state index contributed by atoms with van der Waals surface area (Å²) in [6.45, 7) is 3.21. The van der Waals surface area contributed by atoms with E-state index in [1.54, 1.807) is 10.9 Å². The summed E-state index contributed by atoms with van der Waals surface area (Å²) in [6, 6.07) is 10.4. The third-order valence-electron chi connectivity index (χ3n) is 5.90. The van der Waals surface area contributed by atoms with Gasteiger partial charge in [-0.15, -0.1) is 5.10 Å². The maximum absolute atomic E-state index is 12.7. The number of nitrogens with zero attached hydrogens (tertiary/aromatic N) is 3. The highest BCUT2D eigenvalue weighted by molar-refractivity contribution is 5.90. The zero-order valence-corrected chi connectivity index (χ0v) is 15.2. The van der Waals surface area contributed by atoms with Crippen LogP contribution < -0.4 is 16.0 Å². The fraction of sp³-hybridized carbons (Fsp3) is 0.474. The molecule has 8 heteroatoms. The van der Waals surface area contributed by atoms with Gasteiger partial charge in [0, 0.05) is 19.4 Å². The highest BCUT2D eigenvalue weighted by Crippen LogP contribution is 2.27. The normalized spacial score (nSPS) is 26.7. The molecule has 2 bridgehead atoms. The minimum absolute atomic E-state index is 0.0747. The monoisotopic (exact) mass is 369 g/mol. The quantitative estimate of drug-likeness (QED) is 0.606. The second-order valence-electron chi connectivity index (χ2n) is 7.59. The third-order valence-corrected chi connectivity index (χ3v) is 5.90. The molecule has 0 saturated carbocycles. The maximum atomic E-state index is 12.7. The van der Waals surface area contributed by atoms with Crippen LogP contribution in [0.5, 0.6) is 0 Å². The Labute approximate surface area is 157 Å². The molecule has 3 fully saturated rings. The Morgan fingerprint density at radius 2 is 2.11 bits per heavy atom. The molecule has 4 heterocycles. The number of nitrogens with two attached hydrogens (primary N) is 1. The van der Waals surface area contributed by atoms with Gasteiger partial charge in [-0.25, -0.2) is 4.68 Å². The number of benzene rings is 1. The first-order valence-corrected chi connectivity index (χ1v) is 9.46. The molecule has 4 atom stereocenters. The summed E-state index contributed by atoms with van der Waals surface area (Å²) >= 11 is 0. The molecule has 0 radical (unpaired) electrons. The molecule has 1 aromatic carbocycles. The Hall–Kier alpha value is -2.74. The van der Waals surface area contributed by atoms with Gasteiger partial charge < -0.3 is 16.0 Å². The summed E-state index contributed by atoms with van der Waals surface area (Å²) in [5, 5.41) is 10.9. The zero-order chi connectivity index (χ0) is 18.8. The average Bonchev–Trinajstić information content (AvgIpc) is 3.16. The van der Waals surface area contributed by atoms with Gasteiger partial charge in [0.1, 0.15) is 6.04 Å². The van der Waals surface area contributed by atoms with E-state index in [9.17, 15) is 9.59 Å². The third kappa shape index (κ3) is 3.85. The van der Waals surface area contributed by atoms with Crippen LogP contribution in [0.2, 0.25) is 0 Å². The van der Waals surface area contributed by atoms with Crippen LogP contribution in [0.4, 0.5) is 0 Å². The lowest BCUT2D eigenvalue weighted by Gasteiger charge is -2.46. The first-order valence-electron chi connectivity index (χ1n) is 9.46. The van der Waals surface area contributed by atoms with Crippen LogP contribution in [0.25, 0.3) is 0 Å². The SMILES string of the molecule is NC(=O)c1cn(C[C@H]2C[C@@H]3CC[NH+]2C[C@@H]3C(=O)NCc2ccccc2)nn1. The Morgan fingerprint density at radius 1 is 1.30 bits per heavy atom. The van der Waals surface area contributed by atoms with Gasteiger partial charge in [0.2, 0.25) is 5.91 Å². The molecule has 5 rings (SSSR count). The van der Waals surface area contributed by atoms with Crippen molar-refractivity contribution in [3.05, 3.63) is 47.8 Å². The molecule has 4 N–H and O–H groups in total. The number of hydrogen-bond donors (Lipinski definition) is 3. The van der Waals surface area contributed by atoms with Crippen molar-refractivity contribution in [1.29, 1.82) is 0 Å². The maximum Gasteiger partial charge on any atom is 0.270 e. The number of hydrogen-bond acceptors (Lipinski definition) is 4. The summed E-state index contributed by atoms with van der Waals surface area (Å²) < 4.78 is 1.70.